The molecule has 0 aromatic carbocycles. The molecule has 0 fully saturated rings. The summed E-state index contributed by atoms with van der Waals surface area (Å²) in [5.41, 5.74) is -1.25. The van der Waals surface area contributed by atoms with Gasteiger partial charge in [0, 0.05) is 19.3 Å². The van der Waals surface area contributed by atoms with Gasteiger partial charge in [0.25, 0.3) is 0 Å². The first kappa shape index (κ1) is 17.5. The number of esters is 2. The third-order valence-corrected chi connectivity index (χ3v) is 3.43. The first-order chi connectivity index (χ1) is 10.5. The van der Waals surface area contributed by atoms with Crippen LogP contribution in [0, 0.1) is 29.6 Å². The normalized spacial score (nSPS) is 14.0. The zero-order valence-corrected chi connectivity index (χ0v) is 12.7. The van der Waals surface area contributed by atoms with Gasteiger partial charge in [-0.05, 0) is 12.8 Å². The first-order valence-electron chi connectivity index (χ1n) is 6.84. The number of rotatable bonds is 4. The van der Waals surface area contributed by atoms with Crippen LogP contribution in [0.4, 0.5) is 0 Å². The maximum atomic E-state index is 12.0. The topological polar surface area (TPSA) is 69.7 Å². The van der Waals surface area contributed by atoms with Gasteiger partial charge in [0.05, 0.1) is 19.8 Å². The number of methoxy groups -OCH3 is 2. The third kappa shape index (κ3) is 3.77. The van der Waals surface area contributed by atoms with Crippen molar-refractivity contribution < 1.29 is 23.9 Å². The van der Waals surface area contributed by atoms with Crippen LogP contribution >= 0.6 is 0 Å². The highest BCUT2D eigenvalue weighted by molar-refractivity contribution is 6.01. The average molecular weight is 302 g/mol. The van der Waals surface area contributed by atoms with E-state index in [-0.39, 0.29) is 18.6 Å². The molecule has 0 amide bonds. The Bertz CT molecular complexity index is 579. The van der Waals surface area contributed by atoms with Gasteiger partial charge in [0.2, 0.25) is 0 Å². The number of hydrogen-bond acceptors (Lipinski definition) is 5. The van der Waals surface area contributed by atoms with E-state index >= 15 is 0 Å². The second-order valence-electron chi connectivity index (χ2n) is 4.86. The lowest BCUT2D eigenvalue weighted by Crippen LogP contribution is -2.40. The summed E-state index contributed by atoms with van der Waals surface area (Å²) in [5.74, 6) is 6.09. The third-order valence-electron chi connectivity index (χ3n) is 3.43. The minimum absolute atomic E-state index is 0.0302. The molecule has 5 nitrogen and oxygen atoms in total. The van der Waals surface area contributed by atoms with Crippen molar-refractivity contribution in [3.63, 3.8) is 0 Å². The Balaban J connectivity index is 3.06. The molecular formula is C17H18O5. The zero-order chi connectivity index (χ0) is 16.6. The van der Waals surface area contributed by atoms with Crippen LogP contribution in [0.2, 0.25) is 0 Å². The van der Waals surface area contributed by atoms with Crippen molar-refractivity contribution in [2.45, 2.75) is 32.1 Å². The Morgan fingerprint density at radius 1 is 1.27 bits per heavy atom. The fourth-order valence-corrected chi connectivity index (χ4v) is 2.17. The molecule has 0 unspecified atom stereocenters. The van der Waals surface area contributed by atoms with Gasteiger partial charge in [-0.2, -0.15) is 0 Å². The molecule has 1 aliphatic rings. The van der Waals surface area contributed by atoms with E-state index in [0.29, 0.717) is 12.0 Å². The van der Waals surface area contributed by atoms with Crippen molar-refractivity contribution in [3.05, 3.63) is 11.6 Å². The SMILES string of the molecule is C#CCC(CC#CC1=CCCCC1=O)(C(=O)OC)C(=O)OC. The number of carbonyl (C=O) groups is 3. The predicted molar refractivity (Wildman–Crippen MR) is 79.2 cm³/mol. The summed E-state index contributed by atoms with van der Waals surface area (Å²) in [6, 6.07) is 0. The summed E-state index contributed by atoms with van der Waals surface area (Å²) in [6.45, 7) is 0. The molecule has 1 aliphatic carbocycles. The van der Waals surface area contributed by atoms with Gasteiger partial charge in [-0.1, -0.05) is 17.9 Å². The molecule has 0 saturated heterocycles. The minimum Gasteiger partial charge on any atom is -0.468 e. The monoisotopic (exact) mass is 302 g/mol. The van der Waals surface area contributed by atoms with E-state index in [4.69, 9.17) is 6.42 Å². The maximum absolute atomic E-state index is 12.0. The largest absolute Gasteiger partial charge is 0.468 e. The fraction of sp³-hybridized carbons (Fsp3) is 0.471. The van der Waals surface area contributed by atoms with Crippen LogP contribution in [0.5, 0.6) is 0 Å². The molecule has 22 heavy (non-hydrogen) atoms. The van der Waals surface area contributed by atoms with E-state index in [9.17, 15) is 14.4 Å². The van der Waals surface area contributed by atoms with E-state index in [1.54, 1.807) is 6.08 Å². The molecule has 0 aromatic rings. The van der Waals surface area contributed by atoms with Crippen LogP contribution in [0.1, 0.15) is 32.1 Å². The summed E-state index contributed by atoms with van der Waals surface area (Å²) in [4.78, 5) is 35.7. The molecule has 0 heterocycles. The summed E-state index contributed by atoms with van der Waals surface area (Å²) < 4.78 is 9.34. The Morgan fingerprint density at radius 2 is 1.91 bits per heavy atom. The van der Waals surface area contributed by atoms with Crippen molar-refractivity contribution in [1.29, 1.82) is 0 Å². The van der Waals surface area contributed by atoms with Crippen LogP contribution in [0.25, 0.3) is 0 Å². The molecule has 5 heteroatoms. The lowest BCUT2D eigenvalue weighted by molar-refractivity contribution is -0.168. The molecule has 0 bridgehead atoms. The molecular weight excluding hydrogens is 284 g/mol. The molecule has 0 aliphatic heterocycles. The standard InChI is InChI=1S/C17H18O5/c1-4-11-17(15(19)21-2,16(20)22-3)12-7-9-13-8-5-6-10-14(13)18/h1,8H,5-6,10-12H2,2-3H3. The summed E-state index contributed by atoms with van der Waals surface area (Å²) in [5, 5.41) is 0. The Hall–Kier alpha value is -2.53. The lowest BCUT2D eigenvalue weighted by Gasteiger charge is -2.23. The van der Waals surface area contributed by atoms with Gasteiger partial charge in [-0.25, -0.2) is 0 Å². The quantitative estimate of drug-likeness (QED) is 0.446. The van der Waals surface area contributed by atoms with Gasteiger partial charge in [0.1, 0.15) is 0 Å². The smallest absolute Gasteiger partial charge is 0.325 e. The first-order valence-corrected chi connectivity index (χ1v) is 6.84. The molecule has 0 saturated carbocycles. The Labute approximate surface area is 130 Å². The van der Waals surface area contributed by atoms with Crippen LogP contribution in [-0.2, 0) is 23.9 Å². The summed E-state index contributed by atoms with van der Waals surface area (Å²) >= 11 is 0. The highest BCUT2D eigenvalue weighted by Crippen LogP contribution is 2.29. The van der Waals surface area contributed by atoms with Crippen molar-refractivity contribution in [1.82, 2.24) is 0 Å². The fourth-order valence-electron chi connectivity index (χ4n) is 2.17. The average Bonchev–Trinajstić information content (AvgIpc) is 2.54. The Kier molecular flexibility index (Phi) is 6.41. The van der Waals surface area contributed by atoms with Gasteiger partial charge in [-0.3, -0.25) is 14.4 Å². The maximum Gasteiger partial charge on any atom is 0.325 e. The molecule has 0 spiro atoms. The van der Waals surface area contributed by atoms with E-state index in [1.807, 2.05) is 0 Å². The highest BCUT2D eigenvalue weighted by Gasteiger charge is 2.47. The number of carbonyl (C=O) groups excluding carboxylic acids is 3. The van der Waals surface area contributed by atoms with Gasteiger partial charge in [-0.15, -0.1) is 12.3 Å². The zero-order valence-electron chi connectivity index (χ0n) is 12.7. The summed E-state index contributed by atoms with van der Waals surface area (Å²) in [7, 11) is 2.33. The molecule has 116 valence electrons. The second-order valence-corrected chi connectivity index (χ2v) is 4.86. The number of hydrogen-bond donors (Lipinski definition) is 0. The molecule has 0 aromatic heterocycles. The lowest BCUT2D eigenvalue weighted by atomic mass is 9.81. The van der Waals surface area contributed by atoms with Crippen molar-refractivity contribution in [2.75, 3.05) is 14.2 Å². The van der Waals surface area contributed by atoms with Gasteiger partial charge < -0.3 is 9.47 Å². The van der Waals surface area contributed by atoms with Crippen LogP contribution < -0.4 is 0 Å². The number of allylic oxidation sites excluding steroid dienone is 2. The van der Waals surface area contributed by atoms with Crippen molar-refractivity contribution in [3.8, 4) is 24.2 Å². The van der Waals surface area contributed by atoms with Crippen molar-refractivity contribution >= 4 is 17.7 Å². The van der Waals surface area contributed by atoms with E-state index in [0.717, 1.165) is 27.1 Å². The van der Waals surface area contributed by atoms with Crippen LogP contribution in [0.3, 0.4) is 0 Å². The van der Waals surface area contributed by atoms with Crippen molar-refractivity contribution in [2.24, 2.45) is 5.41 Å². The summed E-state index contributed by atoms with van der Waals surface area (Å²) in [6.07, 6.45) is 8.73. The molecule has 1 rings (SSSR count). The van der Waals surface area contributed by atoms with Gasteiger partial charge >= 0.3 is 11.9 Å². The van der Waals surface area contributed by atoms with E-state index < -0.39 is 17.4 Å². The highest BCUT2D eigenvalue weighted by atomic mass is 16.5. The molecule has 0 N–H and O–H groups in total. The number of ether oxygens (including phenoxy) is 2. The Morgan fingerprint density at radius 3 is 2.41 bits per heavy atom. The number of terminal acetylenes is 1. The molecule has 0 radical (unpaired) electrons. The molecule has 0 atom stereocenters. The number of ketones is 1. The van der Waals surface area contributed by atoms with Gasteiger partial charge in [0.15, 0.2) is 11.2 Å². The van der Waals surface area contributed by atoms with E-state index in [1.165, 1.54) is 0 Å². The van der Waals surface area contributed by atoms with Crippen LogP contribution in [0.15, 0.2) is 11.6 Å². The number of Topliss-reactive ketones (excluding diaryl/α,β-unsaturated/α-hetero) is 1. The van der Waals surface area contributed by atoms with E-state index in [2.05, 4.69) is 27.2 Å². The predicted octanol–water partition coefficient (Wildman–Crippen LogP) is 1.42. The van der Waals surface area contributed by atoms with Crippen LogP contribution in [-0.4, -0.2) is 31.9 Å². The second kappa shape index (κ2) is 8.05. The minimum atomic E-state index is -1.66.